The van der Waals surface area contributed by atoms with Gasteiger partial charge in [0, 0.05) is 19.6 Å². The molecule has 3 rings (SSSR count). The summed E-state index contributed by atoms with van der Waals surface area (Å²) in [6, 6.07) is 15.7. The van der Waals surface area contributed by atoms with Gasteiger partial charge in [-0.2, -0.15) is 5.10 Å². The molecule has 1 aromatic heterocycles. The molecule has 0 aliphatic carbocycles. The Kier molecular flexibility index (Phi) is 8.40. The van der Waals surface area contributed by atoms with Crippen molar-refractivity contribution in [2.75, 3.05) is 6.61 Å². The number of thiophene rings is 1. The number of hydrogen-bond donors (Lipinski definition) is 3. The fourth-order valence-electron chi connectivity index (χ4n) is 2.64. The summed E-state index contributed by atoms with van der Waals surface area (Å²) in [6.07, 6.45) is 2.90. The molecule has 0 aliphatic rings. The van der Waals surface area contributed by atoms with Gasteiger partial charge in [-0.3, -0.25) is 9.59 Å². The molecule has 3 N–H and O–H groups in total. The Morgan fingerprint density at radius 3 is 2.66 bits per heavy atom. The highest BCUT2D eigenvalue weighted by Gasteiger charge is 2.15. The van der Waals surface area contributed by atoms with Crippen LogP contribution >= 0.6 is 33.9 Å². The second kappa shape index (κ2) is 11.4. The smallest absolute Gasteiger partial charge is 0.287 e. The highest BCUT2D eigenvalue weighted by Crippen LogP contribution is 2.31. The van der Waals surface area contributed by atoms with Gasteiger partial charge in [0.25, 0.3) is 11.8 Å². The number of carbonyl (C=O) groups excluding carboxylic acids is 2. The van der Waals surface area contributed by atoms with Gasteiger partial charge in [-0.25, -0.2) is 5.43 Å². The minimum Gasteiger partial charge on any atom is -0.504 e. The average Bonchev–Trinajstić information content (AvgIpc) is 3.30. The number of ether oxygens (including phenoxy) is 1. The molecule has 32 heavy (non-hydrogen) atoms. The Hall–Kier alpha value is -3.18. The number of phenols is 1. The van der Waals surface area contributed by atoms with Gasteiger partial charge < -0.3 is 15.2 Å². The quantitative estimate of drug-likeness (QED) is 0.165. The Morgan fingerprint density at radius 1 is 1.19 bits per heavy atom. The Morgan fingerprint density at radius 2 is 1.97 bits per heavy atom. The van der Waals surface area contributed by atoms with Gasteiger partial charge in [0.2, 0.25) is 0 Å². The summed E-state index contributed by atoms with van der Waals surface area (Å²) >= 11 is 3.53. The zero-order valence-corrected chi connectivity index (χ0v) is 20.0. The minimum absolute atomic E-state index is 0.0420. The number of halogens is 1. The van der Waals surface area contributed by atoms with E-state index in [1.165, 1.54) is 17.6 Å². The molecule has 2 aromatic carbocycles. The number of nitrogens with one attached hydrogen (secondary N) is 2. The lowest BCUT2D eigenvalue weighted by Crippen LogP contribution is -2.32. The van der Waals surface area contributed by atoms with Crippen LogP contribution in [-0.4, -0.2) is 29.7 Å². The molecule has 3 aromatic rings. The largest absolute Gasteiger partial charge is 0.504 e. The number of benzene rings is 2. The molecule has 0 spiro atoms. The first kappa shape index (κ1) is 23.5. The van der Waals surface area contributed by atoms with Crippen molar-refractivity contribution < 1.29 is 19.4 Å². The normalized spacial score (nSPS) is 11.4. The number of hydrazone groups is 1. The molecule has 1 heterocycles. The third-order valence-electron chi connectivity index (χ3n) is 4.10. The highest BCUT2D eigenvalue weighted by atomic mass is 127. The van der Waals surface area contributed by atoms with Crippen molar-refractivity contribution in [1.82, 2.24) is 10.7 Å². The van der Waals surface area contributed by atoms with Crippen LogP contribution in [0.2, 0.25) is 0 Å². The number of hydrogen-bond acceptors (Lipinski definition) is 6. The highest BCUT2D eigenvalue weighted by molar-refractivity contribution is 14.1. The van der Waals surface area contributed by atoms with Crippen LogP contribution in [0.5, 0.6) is 11.5 Å². The molecule has 0 saturated carbocycles. The van der Waals surface area contributed by atoms with E-state index in [9.17, 15) is 14.7 Å². The molecule has 0 saturated heterocycles. The summed E-state index contributed by atoms with van der Waals surface area (Å²) in [4.78, 5) is 26.1. The fraction of sp³-hybridized carbons (Fsp3) is 0.0870. The van der Waals surface area contributed by atoms with E-state index in [4.69, 9.17) is 4.74 Å². The summed E-state index contributed by atoms with van der Waals surface area (Å²) in [7, 11) is 0. The number of rotatable bonds is 8. The van der Waals surface area contributed by atoms with Crippen molar-refractivity contribution in [3.05, 3.63) is 85.2 Å². The van der Waals surface area contributed by atoms with E-state index in [0.717, 1.165) is 8.45 Å². The van der Waals surface area contributed by atoms with Crippen molar-refractivity contribution in [1.29, 1.82) is 0 Å². The standard InChI is InChI=1S/C23H20IN3O4S/c1-2-31-20-12-17(24)11-16(21(20)28)14-25-27-23(30)19(13-18-9-6-10-32-18)26-22(29)15-7-4-3-5-8-15/h3-14,28H,2H2,1H3,(H,26,29)(H,27,30)/b19-13?,25-14+. The SMILES string of the molecule is CCOc1cc(I)cc(/C=N/NC(=O)C(=Cc2cccs2)NC(=O)c2ccccc2)c1O. The van der Waals surface area contributed by atoms with Gasteiger partial charge >= 0.3 is 0 Å². The first-order chi connectivity index (χ1) is 15.5. The molecular formula is C23H20IN3O4S. The summed E-state index contributed by atoms with van der Waals surface area (Å²) in [6.45, 7) is 2.22. The van der Waals surface area contributed by atoms with Gasteiger partial charge in [-0.05, 0) is 71.3 Å². The Balaban J connectivity index is 1.78. The average molecular weight is 561 g/mol. The first-order valence-corrected chi connectivity index (χ1v) is 11.5. The van der Waals surface area contributed by atoms with Crippen LogP contribution in [0, 0.1) is 3.57 Å². The molecule has 0 unspecified atom stereocenters. The second-order valence-corrected chi connectivity index (χ2v) is 8.59. The Labute approximate surface area is 203 Å². The Bertz CT molecular complexity index is 1150. The van der Waals surface area contributed by atoms with Crippen LogP contribution in [0.4, 0.5) is 0 Å². The lowest BCUT2D eigenvalue weighted by molar-refractivity contribution is -0.117. The lowest BCUT2D eigenvalue weighted by Gasteiger charge is -2.10. The monoisotopic (exact) mass is 561 g/mol. The van der Waals surface area contributed by atoms with Gasteiger partial charge in [0.1, 0.15) is 5.70 Å². The maximum Gasteiger partial charge on any atom is 0.287 e. The molecule has 0 bridgehead atoms. The van der Waals surface area contributed by atoms with Crippen molar-refractivity contribution in [3.63, 3.8) is 0 Å². The molecule has 9 heteroatoms. The number of phenolic OH excluding ortho intramolecular Hbond substituents is 1. The van der Waals surface area contributed by atoms with Crippen LogP contribution in [0.1, 0.15) is 27.7 Å². The van der Waals surface area contributed by atoms with Crippen molar-refractivity contribution in [2.45, 2.75) is 6.92 Å². The molecule has 2 amide bonds. The number of nitrogens with zero attached hydrogens (tertiary/aromatic N) is 1. The van der Waals surface area contributed by atoms with E-state index in [-0.39, 0.29) is 11.4 Å². The number of carbonyl (C=O) groups is 2. The minimum atomic E-state index is -0.603. The van der Waals surface area contributed by atoms with Crippen LogP contribution in [-0.2, 0) is 4.79 Å². The van der Waals surface area contributed by atoms with Gasteiger partial charge in [-0.1, -0.05) is 24.3 Å². The van der Waals surface area contributed by atoms with Gasteiger partial charge in [0.15, 0.2) is 11.5 Å². The summed E-state index contributed by atoms with van der Waals surface area (Å²) in [5.74, 6) is -0.754. The fourth-order valence-corrected chi connectivity index (χ4v) is 3.91. The van der Waals surface area contributed by atoms with Crippen molar-refractivity contribution >= 4 is 58.0 Å². The van der Waals surface area contributed by atoms with Crippen LogP contribution in [0.3, 0.4) is 0 Å². The molecule has 0 fully saturated rings. The predicted octanol–water partition coefficient (Wildman–Crippen LogP) is 4.38. The maximum atomic E-state index is 12.8. The zero-order valence-electron chi connectivity index (χ0n) is 17.0. The van der Waals surface area contributed by atoms with Gasteiger partial charge in [0.05, 0.1) is 12.8 Å². The maximum absolute atomic E-state index is 12.8. The van der Waals surface area contributed by atoms with Crippen LogP contribution in [0.25, 0.3) is 6.08 Å². The van der Waals surface area contributed by atoms with E-state index in [0.29, 0.717) is 23.5 Å². The third kappa shape index (κ3) is 6.41. The van der Waals surface area contributed by atoms with Gasteiger partial charge in [-0.15, -0.1) is 11.3 Å². The lowest BCUT2D eigenvalue weighted by atomic mass is 10.2. The van der Waals surface area contributed by atoms with E-state index >= 15 is 0 Å². The summed E-state index contributed by atoms with van der Waals surface area (Å²) in [5, 5.41) is 18.8. The first-order valence-electron chi connectivity index (χ1n) is 9.58. The molecular weight excluding hydrogens is 541 g/mol. The second-order valence-electron chi connectivity index (χ2n) is 6.37. The van der Waals surface area contributed by atoms with Crippen LogP contribution in [0.15, 0.2) is 70.8 Å². The molecule has 7 nitrogen and oxygen atoms in total. The van der Waals surface area contributed by atoms with E-state index in [1.807, 2.05) is 24.4 Å². The predicted molar refractivity (Wildman–Crippen MR) is 134 cm³/mol. The van der Waals surface area contributed by atoms with E-state index in [2.05, 4.69) is 38.4 Å². The number of amides is 2. The zero-order chi connectivity index (χ0) is 22.9. The molecule has 0 radical (unpaired) electrons. The summed E-state index contributed by atoms with van der Waals surface area (Å²) in [5.41, 5.74) is 3.25. The molecule has 0 atom stereocenters. The topological polar surface area (TPSA) is 100 Å². The van der Waals surface area contributed by atoms with E-state index in [1.54, 1.807) is 48.5 Å². The summed E-state index contributed by atoms with van der Waals surface area (Å²) < 4.78 is 6.25. The van der Waals surface area contributed by atoms with E-state index < -0.39 is 11.8 Å². The molecule has 0 aliphatic heterocycles. The number of aromatic hydroxyl groups is 1. The van der Waals surface area contributed by atoms with Crippen LogP contribution < -0.4 is 15.5 Å². The van der Waals surface area contributed by atoms with Crippen molar-refractivity contribution in [3.8, 4) is 11.5 Å². The van der Waals surface area contributed by atoms with Crippen molar-refractivity contribution in [2.24, 2.45) is 5.10 Å². The molecule has 164 valence electrons. The third-order valence-corrected chi connectivity index (χ3v) is 5.54.